The molecule has 2 unspecified atom stereocenters. The summed E-state index contributed by atoms with van der Waals surface area (Å²) < 4.78 is 19.8. The lowest BCUT2D eigenvalue weighted by Gasteiger charge is -2.23. The van der Waals surface area contributed by atoms with E-state index in [9.17, 15) is 0 Å². The number of nitrogens with zero attached hydrogens (tertiary/aromatic N) is 5. The molecule has 2 aromatic heterocycles. The first-order chi connectivity index (χ1) is 13.4. The van der Waals surface area contributed by atoms with Gasteiger partial charge >= 0.3 is 0 Å². The molecule has 0 amide bonds. The van der Waals surface area contributed by atoms with Crippen molar-refractivity contribution in [3.8, 4) is 0 Å². The van der Waals surface area contributed by atoms with Crippen molar-refractivity contribution < 1.29 is 19.3 Å². The molecule has 0 aromatic carbocycles. The van der Waals surface area contributed by atoms with Gasteiger partial charge in [0.15, 0.2) is 27.3 Å². The summed E-state index contributed by atoms with van der Waals surface area (Å²) in [6.07, 6.45) is 0.899. The number of fused-ring (bicyclic) bond motifs is 2. The van der Waals surface area contributed by atoms with E-state index < -0.39 is 5.79 Å². The van der Waals surface area contributed by atoms with Gasteiger partial charge in [-0.15, -0.1) is 5.10 Å². The third-order valence-corrected chi connectivity index (χ3v) is 6.13. The molecule has 3 heterocycles. The molecule has 11 heteroatoms. The second-order valence-corrected chi connectivity index (χ2v) is 8.77. The molecular formula is C17H24ClN5O4S. The topological polar surface area (TPSA) is 104 Å². The van der Waals surface area contributed by atoms with E-state index in [1.807, 2.05) is 13.8 Å². The molecule has 1 saturated carbocycles. The van der Waals surface area contributed by atoms with Crippen LogP contribution in [0.4, 0.5) is 0 Å². The second-order valence-electron chi connectivity index (χ2n) is 7.35. The summed E-state index contributed by atoms with van der Waals surface area (Å²) in [5.74, 6) is 0.180. The van der Waals surface area contributed by atoms with Crippen molar-refractivity contribution in [3.63, 3.8) is 0 Å². The smallest absolute Gasteiger partial charge is 0.191 e. The average molecular weight is 430 g/mol. The zero-order chi connectivity index (χ0) is 19.9. The summed E-state index contributed by atoms with van der Waals surface area (Å²) in [6.45, 7) is 6.06. The summed E-state index contributed by atoms with van der Waals surface area (Å²) in [5, 5.41) is 18.5. The van der Waals surface area contributed by atoms with Gasteiger partial charge in [0.1, 0.15) is 12.2 Å². The zero-order valence-corrected chi connectivity index (χ0v) is 17.6. The summed E-state index contributed by atoms with van der Waals surface area (Å²) >= 11 is 7.88. The fourth-order valence-electron chi connectivity index (χ4n) is 3.77. The van der Waals surface area contributed by atoms with Crippen LogP contribution in [-0.2, 0) is 14.2 Å². The lowest BCUT2D eigenvalue weighted by atomic mass is 10.2. The minimum absolute atomic E-state index is 0.0457. The molecule has 2 fully saturated rings. The highest BCUT2D eigenvalue weighted by Crippen LogP contribution is 2.45. The number of aromatic nitrogens is 5. The van der Waals surface area contributed by atoms with Crippen molar-refractivity contribution >= 4 is 34.5 Å². The number of ether oxygens (including phenoxy) is 3. The Morgan fingerprint density at radius 1 is 1.32 bits per heavy atom. The lowest BCUT2D eigenvalue weighted by molar-refractivity contribution is -0.171. The zero-order valence-electron chi connectivity index (χ0n) is 16.0. The van der Waals surface area contributed by atoms with Gasteiger partial charge in [0.05, 0.1) is 25.4 Å². The summed E-state index contributed by atoms with van der Waals surface area (Å²) in [4.78, 5) is 8.96. The predicted octanol–water partition coefficient (Wildman–Crippen LogP) is 2.22. The molecule has 154 valence electrons. The molecule has 1 aliphatic heterocycles. The lowest BCUT2D eigenvalue weighted by Crippen LogP contribution is -2.31. The summed E-state index contributed by atoms with van der Waals surface area (Å²) in [6, 6.07) is -0.171. The minimum atomic E-state index is -0.722. The van der Waals surface area contributed by atoms with Gasteiger partial charge in [0.25, 0.3) is 0 Å². The molecule has 1 aliphatic carbocycles. The molecule has 2 aliphatic rings. The van der Waals surface area contributed by atoms with Crippen LogP contribution in [0.1, 0.15) is 39.7 Å². The molecule has 9 nitrogen and oxygen atoms in total. The first-order valence-corrected chi connectivity index (χ1v) is 10.8. The van der Waals surface area contributed by atoms with Crippen LogP contribution in [0.15, 0.2) is 5.16 Å². The van der Waals surface area contributed by atoms with Gasteiger partial charge in [-0.2, -0.15) is 0 Å². The quantitative estimate of drug-likeness (QED) is 0.403. The Hall–Kier alpha value is -1.04. The highest BCUT2D eigenvalue weighted by molar-refractivity contribution is 7.99. The third-order valence-electron chi connectivity index (χ3n) is 4.82. The molecule has 4 rings (SSSR count). The number of aliphatic hydroxyl groups is 1. The van der Waals surface area contributed by atoms with Gasteiger partial charge in [-0.1, -0.05) is 35.5 Å². The fraction of sp³-hybridized carbons (Fsp3) is 0.765. The second kappa shape index (κ2) is 8.00. The molecule has 0 spiro atoms. The van der Waals surface area contributed by atoms with Crippen LogP contribution in [0.3, 0.4) is 0 Å². The highest BCUT2D eigenvalue weighted by Gasteiger charge is 2.56. The van der Waals surface area contributed by atoms with Crippen LogP contribution < -0.4 is 0 Å². The van der Waals surface area contributed by atoms with Crippen molar-refractivity contribution in [1.82, 2.24) is 25.0 Å². The Bertz CT molecular complexity index is 850. The van der Waals surface area contributed by atoms with Gasteiger partial charge in [-0.25, -0.2) is 14.6 Å². The first kappa shape index (κ1) is 20.2. The molecule has 4 atom stereocenters. The first-order valence-electron chi connectivity index (χ1n) is 9.43. The maximum atomic E-state index is 9.13. The number of halogens is 1. The van der Waals surface area contributed by atoms with E-state index >= 15 is 0 Å². The maximum absolute atomic E-state index is 9.13. The van der Waals surface area contributed by atoms with Crippen molar-refractivity contribution in [2.24, 2.45) is 0 Å². The van der Waals surface area contributed by atoms with E-state index in [-0.39, 0.29) is 37.6 Å². The normalized spacial score (nSPS) is 28.9. The monoisotopic (exact) mass is 429 g/mol. The maximum Gasteiger partial charge on any atom is 0.191 e. The number of rotatable bonds is 7. The van der Waals surface area contributed by atoms with Crippen LogP contribution in [0.5, 0.6) is 0 Å². The highest BCUT2D eigenvalue weighted by atomic mass is 35.5. The van der Waals surface area contributed by atoms with E-state index in [1.165, 1.54) is 0 Å². The Balaban J connectivity index is 1.69. The molecule has 0 bridgehead atoms. The average Bonchev–Trinajstić information content (AvgIpc) is 3.29. The molecule has 1 saturated heterocycles. The predicted molar refractivity (Wildman–Crippen MR) is 103 cm³/mol. The summed E-state index contributed by atoms with van der Waals surface area (Å²) in [7, 11) is 0. The molecule has 0 radical (unpaired) electrons. The van der Waals surface area contributed by atoms with Crippen molar-refractivity contribution in [2.45, 2.75) is 68.9 Å². The van der Waals surface area contributed by atoms with E-state index in [2.05, 4.69) is 27.2 Å². The van der Waals surface area contributed by atoms with Crippen LogP contribution in [-0.4, -0.2) is 73.1 Å². The molecular weight excluding hydrogens is 406 g/mol. The summed E-state index contributed by atoms with van der Waals surface area (Å²) in [5.41, 5.74) is 1.05. The number of hydrogen-bond donors (Lipinski definition) is 1. The minimum Gasteiger partial charge on any atom is -0.394 e. The van der Waals surface area contributed by atoms with Crippen LogP contribution in [0.25, 0.3) is 11.2 Å². The number of hydrogen-bond acceptors (Lipinski definition) is 9. The Morgan fingerprint density at radius 3 is 2.86 bits per heavy atom. The Kier molecular flexibility index (Phi) is 5.78. The van der Waals surface area contributed by atoms with Gasteiger partial charge in [-0.3, -0.25) is 0 Å². The SMILES string of the molecule is CCCSc1nc(Cl)c2nnn([C@@H]3C[C@H](OCCO)C4OC(C)(C)OC43)c2n1. The van der Waals surface area contributed by atoms with Crippen molar-refractivity contribution in [1.29, 1.82) is 0 Å². The van der Waals surface area contributed by atoms with E-state index in [1.54, 1.807) is 16.4 Å². The van der Waals surface area contributed by atoms with E-state index in [0.717, 1.165) is 12.2 Å². The van der Waals surface area contributed by atoms with Gasteiger partial charge < -0.3 is 19.3 Å². The van der Waals surface area contributed by atoms with Crippen LogP contribution in [0.2, 0.25) is 5.15 Å². The molecule has 2 aromatic rings. The van der Waals surface area contributed by atoms with E-state index in [4.69, 9.17) is 30.9 Å². The number of aliphatic hydroxyl groups excluding tert-OH is 1. The largest absolute Gasteiger partial charge is 0.394 e. The van der Waals surface area contributed by atoms with Crippen LogP contribution in [0, 0.1) is 0 Å². The van der Waals surface area contributed by atoms with Crippen molar-refractivity contribution in [3.05, 3.63) is 5.15 Å². The Labute approximate surface area is 172 Å². The number of thioether (sulfide) groups is 1. The fourth-order valence-corrected chi connectivity index (χ4v) is 4.72. The third kappa shape index (κ3) is 3.73. The van der Waals surface area contributed by atoms with Gasteiger partial charge in [0.2, 0.25) is 0 Å². The molecule has 1 N–H and O–H groups in total. The van der Waals surface area contributed by atoms with E-state index in [0.29, 0.717) is 27.9 Å². The van der Waals surface area contributed by atoms with Crippen LogP contribution >= 0.6 is 23.4 Å². The molecule has 28 heavy (non-hydrogen) atoms. The Morgan fingerprint density at radius 2 is 2.11 bits per heavy atom. The van der Waals surface area contributed by atoms with Gasteiger partial charge in [0, 0.05) is 12.2 Å². The van der Waals surface area contributed by atoms with Gasteiger partial charge in [-0.05, 0) is 20.3 Å². The van der Waals surface area contributed by atoms with Crippen molar-refractivity contribution in [2.75, 3.05) is 19.0 Å². The standard InChI is InChI=1S/C17H24ClN5O4S/c1-4-7-28-16-19-14(18)11-15(20-16)23(22-21-11)9-8-10(25-6-5-24)13-12(9)26-17(2,3)27-13/h9-10,12-13,24H,4-8H2,1-3H3/t9-,10+,12?,13?/m1/s1.